The van der Waals surface area contributed by atoms with E-state index in [2.05, 4.69) is 10.1 Å². The molecule has 0 bridgehead atoms. The van der Waals surface area contributed by atoms with Crippen molar-refractivity contribution in [3.05, 3.63) is 52.0 Å². The van der Waals surface area contributed by atoms with Gasteiger partial charge in [-0.2, -0.15) is 5.10 Å². The summed E-state index contributed by atoms with van der Waals surface area (Å²) in [5, 5.41) is 6.52. The van der Waals surface area contributed by atoms with Crippen LogP contribution in [0.2, 0.25) is 0 Å². The molecule has 7 heteroatoms. The Morgan fingerprint density at radius 1 is 1.15 bits per heavy atom. The van der Waals surface area contributed by atoms with E-state index in [1.54, 1.807) is 11.2 Å². The topological polar surface area (TPSA) is 65.9 Å². The van der Waals surface area contributed by atoms with Crippen molar-refractivity contribution < 1.29 is 9.59 Å². The summed E-state index contributed by atoms with van der Waals surface area (Å²) in [5.74, 6) is -0.0521. The number of aryl methyl sites for hydroxylation is 1. The van der Waals surface area contributed by atoms with Gasteiger partial charge in [0.25, 0.3) is 5.91 Å². The number of likely N-dealkylation sites (tertiary alicyclic amines) is 1. The van der Waals surface area contributed by atoms with E-state index in [9.17, 15) is 9.59 Å². The van der Waals surface area contributed by atoms with Crippen LogP contribution in [0.3, 0.4) is 0 Å². The fraction of sp³-hybridized carbons (Fsp3) is 0.400. The number of nitrogens with zero attached hydrogens (tertiary/aromatic N) is 4. The highest BCUT2D eigenvalue weighted by atomic mass is 32.1. The number of rotatable bonds is 3. The maximum Gasteiger partial charge on any atom is 0.282 e. The second kappa shape index (κ2) is 7.60. The predicted molar refractivity (Wildman–Crippen MR) is 105 cm³/mol. The number of carbonyl (C=O) groups is 2. The van der Waals surface area contributed by atoms with Crippen molar-refractivity contribution in [2.45, 2.75) is 32.2 Å². The van der Waals surface area contributed by atoms with Gasteiger partial charge in [-0.05, 0) is 25.3 Å². The zero-order chi connectivity index (χ0) is 18.8. The van der Waals surface area contributed by atoms with Crippen LogP contribution in [0.25, 0.3) is 0 Å². The minimum absolute atomic E-state index is 0.0170. The van der Waals surface area contributed by atoms with Gasteiger partial charge in [-0.1, -0.05) is 30.3 Å². The molecule has 0 spiro atoms. The van der Waals surface area contributed by atoms with Gasteiger partial charge in [0.1, 0.15) is 0 Å². The molecule has 2 amide bonds. The zero-order valence-electron chi connectivity index (χ0n) is 15.2. The number of benzene rings is 1. The third-order valence-corrected chi connectivity index (χ3v) is 6.08. The Bertz CT molecular complexity index is 856. The second-order valence-electron chi connectivity index (χ2n) is 6.99. The van der Waals surface area contributed by atoms with Gasteiger partial charge in [-0.3, -0.25) is 9.59 Å². The molecule has 2 aromatic rings. The monoisotopic (exact) mass is 382 g/mol. The SMILES string of the molecule is Cc1cnc(C(=O)N2CCC(C(=O)N3N=CCC3c3ccccc3)CC2)s1. The molecule has 1 atom stereocenters. The standard InChI is InChI=1S/C20H22N4O2S/c1-14-13-21-18(27-14)20(26)23-11-8-16(9-12-23)19(25)24-17(7-10-22-24)15-5-3-2-4-6-15/h2-6,10,13,16-17H,7-9,11-12H2,1H3. The lowest BCUT2D eigenvalue weighted by Crippen LogP contribution is -2.43. The largest absolute Gasteiger partial charge is 0.337 e. The second-order valence-corrected chi connectivity index (χ2v) is 8.22. The Morgan fingerprint density at radius 2 is 1.89 bits per heavy atom. The highest BCUT2D eigenvalue weighted by Gasteiger charge is 2.35. The highest BCUT2D eigenvalue weighted by Crippen LogP contribution is 2.32. The van der Waals surface area contributed by atoms with Gasteiger partial charge in [-0.15, -0.1) is 11.3 Å². The Balaban J connectivity index is 1.38. The van der Waals surface area contributed by atoms with Gasteiger partial charge in [0.15, 0.2) is 5.01 Å². The lowest BCUT2D eigenvalue weighted by Gasteiger charge is -2.33. The summed E-state index contributed by atoms with van der Waals surface area (Å²) in [4.78, 5) is 32.6. The maximum atomic E-state index is 13.0. The first-order valence-corrected chi connectivity index (χ1v) is 10.1. The van der Waals surface area contributed by atoms with Crippen LogP contribution in [-0.4, -0.2) is 46.0 Å². The van der Waals surface area contributed by atoms with Crippen LogP contribution in [-0.2, 0) is 4.79 Å². The van der Waals surface area contributed by atoms with Crippen molar-refractivity contribution in [1.29, 1.82) is 0 Å². The van der Waals surface area contributed by atoms with E-state index in [-0.39, 0.29) is 23.8 Å². The fourth-order valence-corrected chi connectivity index (χ4v) is 4.42. The van der Waals surface area contributed by atoms with Crippen molar-refractivity contribution in [3.63, 3.8) is 0 Å². The molecule has 0 N–H and O–H groups in total. The molecule has 4 rings (SSSR count). The molecule has 2 aliphatic rings. The normalized spacial score (nSPS) is 20.3. The lowest BCUT2D eigenvalue weighted by molar-refractivity contribution is -0.138. The molecule has 1 unspecified atom stereocenters. The summed E-state index contributed by atoms with van der Waals surface area (Å²) in [5.41, 5.74) is 1.11. The van der Waals surface area contributed by atoms with Crippen molar-refractivity contribution in [2.75, 3.05) is 13.1 Å². The number of carbonyl (C=O) groups excluding carboxylic acids is 2. The van der Waals surface area contributed by atoms with Crippen LogP contribution in [0, 0.1) is 12.8 Å². The molecule has 3 heterocycles. The number of hydrazone groups is 1. The van der Waals surface area contributed by atoms with Crippen LogP contribution in [0.5, 0.6) is 0 Å². The summed E-state index contributed by atoms with van der Waals surface area (Å²) in [6.45, 7) is 3.11. The molecule has 1 aromatic heterocycles. The molecule has 0 aliphatic carbocycles. The lowest BCUT2D eigenvalue weighted by atomic mass is 9.94. The van der Waals surface area contributed by atoms with Crippen LogP contribution in [0.4, 0.5) is 0 Å². The molecular formula is C20H22N4O2S. The Morgan fingerprint density at radius 3 is 2.56 bits per heavy atom. The Kier molecular flexibility index (Phi) is 5.03. The minimum Gasteiger partial charge on any atom is -0.337 e. The quantitative estimate of drug-likeness (QED) is 0.818. The smallest absolute Gasteiger partial charge is 0.282 e. The molecule has 0 radical (unpaired) electrons. The summed E-state index contributed by atoms with van der Waals surface area (Å²) >= 11 is 1.42. The van der Waals surface area contributed by atoms with E-state index in [1.165, 1.54) is 11.3 Å². The van der Waals surface area contributed by atoms with E-state index in [1.807, 2.05) is 48.4 Å². The Labute approximate surface area is 162 Å². The number of thiazole rings is 1. The molecule has 1 fully saturated rings. The third-order valence-electron chi connectivity index (χ3n) is 5.18. The highest BCUT2D eigenvalue weighted by molar-refractivity contribution is 7.13. The van der Waals surface area contributed by atoms with Crippen LogP contribution < -0.4 is 0 Å². The van der Waals surface area contributed by atoms with Gasteiger partial charge >= 0.3 is 0 Å². The number of aromatic nitrogens is 1. The van der Waals surface area contributed by atoms with Gasteiger partial charge < -0.3 is 4.90 Å². The molecule has 1 saturated heterocycles. The van der Waals surface area contributed by atoms with Crippen LogP contribution >= 0.6 is 11.3 Å². The number of hydrogen-bond acceptors (Lipinski definition) is 5. The molecule has 27 heavy (non-hydrogen) atoms. The first-order chi connectivity index (χ1) is 13.1. The average molecular weight is 382 g/mol. The summed E-state index contributed by atoms with van der Waals surface area (Å²) in [6.07, 6.45) is 5.63. The molecule has 140 valence electrons. The van der Waals surface area contributed by atoms with Crippen molar-refractivity contribution in [2.24, 2.45) is 11.0 Å². The number of amides is 2. The number of piperidine rings is 1. The van der Waals surface area contributed by atoms with Crippen molar-refractivity contribution in [1.82, 2.24) is 14.9 Å². The minimum atomic E-state index is -0.0893. The maximum absolute atomic E-state index is 13.0. The van der Waals surface area contributed by atoms with Crippen LogP contribution in [0.15, 0.2) is 41.6 Å². The van der Waals surface area contributed by atoms with Crippen molar-refractivity contribution in [3.8, 4) is 0 Å². The van der Waals surface area contributed by atoms with E-state index in [0.29, 0.717) is 30.9 Å². The Hall–Kier alpha value is -2.54. The van der Waals surface area contributed by atoms with E-state index in [0.717, 1.165) is 16.9 Å². The summed E-state index contributed by atoms with van der Waals surface area (Å²) in [6, 6.07) is 10.0. The number of hydrogen-bond donors (Lipinski definition) is 0. The summed E-state index contributed by atoms with van der Waals surface area (Å²) in [7, 11) is 0. The zero-order valence-corrected chi connectivity index (χ0v) is 16.1. The van der Waals surface area contributed by atoms with Gasteiger partial charge in [0.2, 0.25) is 5.91 Å². The molecular weight excluding hydrogens is 360 g/mol. The molecule has 6 nitrogen and oxygen atoms in total. The van der Waals surface area contributed by atoms with E-state index >= 15 is 0 Å². The fourth-order valence-electron chi connectivity index (χ4n) is 3.68. The predicted octanol–water partition coefficient (Wildman–Crippen LogP) is 3.26. The van der Waals surface area contributed by atoms with Gasteiger partial charge in [0, 0.05) is 42.7 Å². The van der Waals surface area contributed by atoms with Gasteiger partial charge in [-0.25, -0.2) is 9.99 Å². The van der Waals surface area contributed by atoms with E-state index in [4.69, 9.17) is 0 Å². The molecule has 1 aromatic carbocycles. The van der Waals surface area contributed by atoms with Gasteiger partial charge in [0.05, 0.1) is 6.04 Å². The molecule has 0 saturated carbocycles. The third kappa shape index (κ3) is 3.64. The summed E-state index contributed by atoms with van der Waals surface area (Å²) < 4.78 is 0. The van der Waals surface area contributed by atoms with E-state index < -0.39 is 0 Å². The van der Waals surface area contributed by atoms with Crippen molar-refractivity contribution >= 4 is 29.4 Å². The van der Waals surface area contributed by atoms with Crippen LogP contribution in [0.1, 0.15) is 45.5 Å². The first kappa shape index (κ1) is 17.9. The first-order valence-electron chi connectivity index (χ1n) is 9.25. The molecule has 2 aliphatic heterocycles. The average Bonchev–Trinajstić information content (AvgIpc) is 3.37.